The molecular formula is C11H21NO2. The van der Waals surface area contributed by atoms with Crippen LogP contribution in [0.15, 0.2) is 0 Å². The number of rotatable bonds is 3. The lowest BCUT2D eigenvalue weighted by Crippen LogP contribution is -2.42. The van der Waals surface area contributed by atoms with Gasteiger partial charge in [0.25, 0.3) is 0 Å². The summed E-state index contributed by atoms with van der Waals surface area (Å²) in [4.78, 5) is 13.5. The van der Waals surface area contributed by atoms with Crippen molar-refractivity contribution in [3.05, 3.63) is 0 Å². The molecule has 3 heteroatoms. The van der Waals surface area contributed by atoms with Gasteiger partial charge in [0.05, 0.1) is 13.2 Å². The van der Waals surface area contributed by atoms with Crippen LogP contribution in [-0.2, 0) is 9.53 Å². The molecule has 3 nitrogen and oxygen atoms in total. The van der Waals surface area contributed by atoms with Gasteiger partial charge in [-0.2, -0.15) is 0 Å². The normalized spacial score (nSPS) is 21.9. The molecule has 1 saturated heterocycles. The number of likely N-dealkylation sites (tertiary alicyclic amines) is 1. The van der Waals surface area contributed by atoms with Crippen LogP contribution in [0.2, 0.25) is 0 Å². The number of hydrogen-bond donors (Lipinski definition) is 0. The maximum atomic E-state index is 11.3. The van der Waals surface area contributed by atoms with Crippen LogP contribution >= 0.6 is 0 Å². The zero-order chi connectivity index (χ0) is 10.6. The number of hydrogen-bond acceptors (Lipinski definition) is 3. The van der Waals surface area contributed by atoms with Crippen LogP contribution in [0, 0.1) is 5.41 Å². The fourth-order valence-corrected chi connectivity index (χ4v) is 2.07. The van der Waals surface area contributed by atoms with Gasteiger partial charge in [-0.3, -0.25) is 9.69 Å². The predicted molar refractivity (Wildman–Crippen MR) is 56.1 cm³/mol. The summed E-state index contributed by atoms with van der Waals surface area (Å²) in [6.07, 6.45) is 2.44. The molecule has 0 spiro atoms. The van der Waals surface area contributed by atoms with Crippen molar-refractivity contribution in [1.82, 2.24) is 4.90 Å². The summed E-state index contributed by atoms with van der Waals surface area (Å²) in [7, 11) is 0. The first-order chi connectivity index (χ1) is 6.53. The second-order valence-corrected chi connectivity index (χ2v) is 4.78. The molecule has 0 aromatic carbocycles. The smallest absolute Gasteiger partial charge is 0.320 e. The van der Waals surface area contributed by atoms with Gasteiger partial charge in [-0.25, -0.2) is 0 Å². The van der Waals surface area contributed by atoms with E-state index in [0.29, 0.717) is 18.6 Å². The van der Waals surface area contributed by atoms with Crippen LogP contribution < -0.4 is 0 Å². The minimum Gasteiger partial charge on any atom is -0.465 e. The monoisotopic (exact) mass is 199 g/mol. The highest BCUT2D eigenvalue weighted by Crippen LogP contribution is 2.27. The van der Waals surface area contributed by atoms with Crippen LogP contribution in [0.1, 0.15) is 33.6 Å². The van der Waals surface area contributed by atoms with Gasteiger partial charge < -0.3 is 4.74 Å². The highest BCUT2D eigenvalue weighted by Gasteiger charge is 2.27. The molecule has 82 valence electrons. The van der Waals surface area contributed by atoms with E-state index < -0.39 is 0 Å². The second kappa shape index (κ2) is 4.78. The Kier molecular flexibility index (Phi) is 3.93. The predicted octanol–water partition coefficient (Wildman–Crippen LogP) is 1.67. The van der Waals surface area contributed by atoms with Gasteiger partial charge in [0.15, 0.2) is 0 Å². The molecule has 0 atom stereocenters. The van der Waals surface area contributed by atoms with Crippen molar-refractivity contribution in [2.45, 2.75) is 33.6 Å². The first-order valence-corrected chi connectivity index (χ1v) is 5.41. The Morgan fingerprint density at radius 3 is 2.79 bits per heavy atom. The molecule has 1 rings (SSSR count). The molecule has 0 aliphatic carbocycles. The lowest BCUT2D eigenvalue weighted by Gasteiger charge is -2.37. The number of piperidine rings is 1. The third kappa shape index (κ3) is 3.66. The summed E-state index contributed by atoms with van der Waals surface area (Å²) in [5.74, 6) is -0.0924. The summed E-state index contributed by atoms with van der Waals surface area (Å²) in [5, 5.41) is 0. The highest BCUT2D eigenvalue weighted by molar-refractivity contribution is 5.71. The topological polar surface area (TPSA) is 29.5 Å². The molecule has 1 aliphatic rings. The van der Waals surface area contributed by atoms with E-state index in [1.807, 2.05) is 6.92 Å². The van der Waals surface area contributed by atoms with Crippen molar-refractivity contribution in [2.24, 2.45) is 5.41 Å². The Hall–Kier alpha value is -0.570. The number of carbonyl (C=O) groups is 1. The van der Waals surface area contributed by atoms with E-state index in [2.05, 4.69) is 18.7 Å². The summed E-state index contributed by atoms with van der Waals surface area (Å²) in [6, 6.07) is 0. The van der Waals surface area contributed by atoms with Crippen LogP contribution in [-0.4, -0.2) is 37.1 Å². The maximum absolute atomic E-state index is 11.3. The maximum Gasteiger partial charge on any atom is 0.320 e. The zero-order valence-corrected chi connectivity index (χ0v) is 9.51. The number of carbonyl (C=O) groups excluding carboxylic acids is 1. The van der Waals surface area contributed by atoms with Gasteiger partial charge in [0.1, 0.15) is 0 Å². The molecule has 14 heavy (non-hydrogen) atoms. The standard InChI is InChI=1S/C11H21NO2/c1-4-14-10(13)8-12-7-5-6-11(2,3)9-12/h4-9H2,1-3H3. The lowest BCUT2D eigenvalue weighted by molar-refractivity contribution is -0.145. The van der Waals surface area contributed by atoms with E-state index in [1.165, 1.54) is 12.8 Å². The Morgan fingerprint density at radius 1 is 1.50 bits per heavy atom. The van der Waals surface area contributed by atoms with Crippen LogP contribution in [0.5, 0.6) is 0 Å². The van der Waals surface area contributed by atoms with Gasteiger partial charge in [-0.15, -0.1) is 0 Å². The van der Waals surface area contributed by atoms with Gasteiger partial charge in [0, 0.05) is 6.54 Å². The molecule has 0 amide bonds. The zero-order valence-electron chi connectivity index (χ0n) is 9.51. The van der Waals surface area contributed by atoms with E-state index in [9.17, 15) is 4.79 Å². The van der Waals surface area contributed by atoms with Crippen molar-refractivity contribution in [3.63, 3.8) is 0 Å². The third-order valence-corrected chi connectivity index (χ3v) is 2.64. The van der Waals surface area contributed by atoms with Gasteiger partial charge >= 0.3 is 5.97 Å². The van der Waals surface area contributed by atoms with E-state index in [1.54, 1.807) is 0 Å². The molecule has 0 N–H and O–H groups in total. The molecule has 1 fully saturated rings. The third-order valence-electron chi connectivity index (χ3n) is 2.64. The molecule has 0 aromatic heterocycles. The molecule has 0 unspecified atom stereocenters. The first kappa shape index (κ1) is 11.5. The first-order valence-electron chi connectivity index (χ1n) is 5.41. The number of ether oxygens (including phenoxy) is 1. The summed E-state index contributed by atoms with van der Waals surface area (Å²) in [6.45, 7) is 9.33. The summed E-state index contributed by atoms with van der Waals surface area (Å²) in [5.41, 5.74) is 0.352. The minimum atomic E-state index is -0.0924. The van der Waals surface area contributed by atoms with Crippen LogP contribution in [0.3, 0.4) is 0 Å². The van der Waals surface area contributed by atoms with Crippen molar-refractivity contribution in [1.29, 1.82) is 0 Å². The Morgan fingerprint density at radius 2 is 2.21 bits per heavy atom. The molecule has 0 saturated carbocycles. The molecule has 1 aliphatic heterocycles. The Balaban J connectivity index is 2.34. The van der Waals surface area contributed by atoms with Crippen LogP contribution in [0.4, 0.5) is 0 Å². The fraction of sp³-hybridized carbons (Fsp3) is 0.909. The van der Waals surface area contributed by atoms with E-state index in [-0.39, 0.29) is 5.97 Å². The quantitative estimate of drug-likeness (QED) is 0.648. The molecular weight excluding hydrogens is 178 g/mol. The molecule has 0 radical (unpaired) electrons. The second-order valence-electron chi connectivity index (χ2n) is 4.78. The molecule has 0 bridgehead atoms. The van der Waals surface area contributed by atoms with E-state index in [4.69, 9.17) is 4.74 Å². The largest absolute Gasteiger partial charge is 0.465 e. The van der Waals surface area contributed by atoms with Crippen molar-refractivity contribution < 1.29 is 9.53 Å². The van der Waals surface area contributed by atoms with E-state index >= 15 is 0 Å². The molecule has 1 heterocycles. The van der Waals surface area contributed by atoms with E-state index in [0.717, 1.165) is 13.1 Å². The summed E-state index contributed by atoms with van der Waals surface area (Å²) >= 11 is 0. The van der Waals surface area contributed by atoms with Crippen molar-refractivity contribution in [3.8, 4) is 0 Å². The fourth-order valence-electron chi connectivity index (χ4n) is 2.07. The van der Waals surface area contributed by atoms with Gasteiger partial charge in [-0.1, -0.05) is 13.8 Å². The average molecular weight is 199 g/mol. The SMILES string of the molecule is CCOC(=O)CN1CCCC(C)(C)C1. The van der Waals surface area contributed by atoms with Gasteiger partial charge in [-0.05, 0) is 31.7 Å². The Bertz CT molecular complexity index is 201. The minimum absolute atomic E-state index is 0.0924. The average Bonchev–Trinajstić information content (AvgIpc) is 2.02. The Labute approximate surface area is 86.4 Å². The number of nitrogens with zero attached hydrogens (tertiary/aromatic N) is 1. The van der Waals surface area contributed by atoms with Crippen molar-refractivity contribution in [2.75, 3.05) is 26.2 Å². The highest BCUT2D eigenvalue weighted by atomic mass is 16.5. The van der Waals surface area contributed by atoms with Crippen molar-refractivity contribution >= 4 is 5.97 Å². The number of esters is 1. The van der Waals surface area contributed by atoms with Gasteiger partial charge in [0.2, 0.25) is 0 Å². The summed E-state index contributed by atoms with van der Waals surface area (Å²) < 4.78 is 4.93. The lowest BCUT2D eigenvalue weighted by atomic mass is 9.84. The molecule has 0 aromatic rings. The van der Waals surface area contributed by atoms with Crippen LogP contribution in [0.25, 0.3) is 0 Å².